The van der Waals surface area contributed by atoms with E-state index in [9.17, 15) is 0 Å². The molecule has 1 aliphatic carbocycles. The van der Waals surface area contributed by atoms with Crippen LogP contribution in [0.2, 0.25) is 0 Å². The maximum Gasteiger partial charge on any atom is 0.0346 e. The monoisotopic (exact) mass is 259 g/mol. The molecular formula is C18H29N. The van der Waals surface area contributed by atoms with E-state index < -0.39 is 0 Å². The lowest BCUT2D eigenvalue weighted by molar-refractivity contribution is 0.375. The molecule has 0 saturated heterocycles. The first-order chi connectivity index (χ1) is 9.26. The van der Waals surface area contributed by atoms with Gasteiger partial charge in [0, 0.05) is 6.04 Å². The normalized spacial score (nSPS) is 18.9. The average molecular weight is 259 g/mol. The predicted molar refractivity (Wildman–Crippen MR) is 83.5 cm³/mol. The van der Waals surface area contributed by atoms with E-state index in [0.717, 1.165) is 12.5 Å². The Bertz CT molecular complexity index is 381. The molecule has 0 amide bonds. The highest BCUT2D eigenvalue weighted by Crippen LogP contribution is 2.37. The fraction of sp³-hybridized carbons (Fsp3) is 0.667. The molecule has 1 aromatic rings. The van der Waals surface area contributed by atoms with Crippen LogP contribution in [0.25, 0.3) is 0 Å². The Morgan fingerprint density at radius 1 is 1.26 bits per heavy atom. The fourth-order valence-corrected chi connectivity index (χ4v) is 2.93. The molecule has 1 saturated carbocycles. The molecule has 1 aromatic carbocycles. The summed E-state index contributed by atoms with van der Waals surface area (Å²) < 4.78 is 0. The third kappa shape index (κ3) is 3.60. The van der Waals surface area contributed by atoms with E-state index in [1.54, 1.807) is 5.56 Å². The van der Waals surface area contributed by atoms with Gasteiger partial charge in [-0.3, -0.25) is 0 Å². The van der Waals surface area contributed by atoms with Crippen molar-refractivity contribution in [2.75, 3.05) is 6.54 Å². The van der Waals surface area contributed by atoms with Crippen molar-refractivity contribution in [3.63, 3.8) is 0 Å². The van der Waals surface area contributed by atoms with Crippen molar-refractivity contribution in [3.8, 4) is 0 Å². The van der Waals surface area contributed by atoms with Crippen LogP contribution in [-0.4, -0.2) is 6.54 Å². The quantitative estimate of drug-likeness (QED) is 0.723. The Morgan fingerprint density at radius 2 is 2.05 bits per heavy atom. The van der Waals surface area contributed by atoms with Gasteiger partial charge in [-0.2, -0.15) is 0 Å². The van der Waals surface area contributed by atoms with Crippen molar-refractivity contribution in [2.24, 2.45) is 5.92 Å². The first-order valence-electron chi connectivity index (χ1n) is 8.09. The Morgan fingerprint density at radius 3 is 2.63 bits per heavy atom. The summed E-state index contributed by atoms with van der Waals surface area (Å²) in [5.74, 6) is 1.53. The summed E-state index contributed by atoms with van der Waals surface area (Å²) >= 11 is 0. The average Bonchev–Trinajstić information content (AvgIpc) is 2.37. The lowest BCUT2D eigenvalue weighted by Gasteiger charge is -2.29. The second-order valence-corrected chi connectivity index (χ2v) is 6.12. The third-order valence-electron chi connectivity index (χ3n) is 4.67. The zero-order valence-electron chi connectivity index (χ0n) is 12.8. The van der Waals surface area contributed by atoms with E-state index in [0.29, 0.717) is 12.0 Å². The number of nitrogens with one attached hydrogen (secondary N) is 1. The summed E-state index contributed by atoms with van der Waals surface area (Å²) in [6.45, 7) is 8.01. The van der Waals surface area contributed by atoms with Gasteiger partial charge in [0.15, 0.2) is 0 Å². The summed E-state index contributed by atoms with van der Waals surface area (Å²) in [7, 11) is 0. The first kappa shape index (κ1) is 14.6. The van der Waals surface area contributed by atoms with E-state index in [2.05, 4.69) is 50.4 Å². The minimum atomic E-state index is 0.518. The molecule has 1 nitrogen and oxygen atoms in total. The molecule has 0 heterocycles. The number of hydrogen-bond acceptors (Lipinski definition) is 1. The maximum atomic E-state index is 3.74. The number of rotatable bonds is 7. The molecule has 2 unspecified atom stereocenters. The van der Waals surface area contributed by atoms with Crippen molar-refractivity contribution in [2.45, 2.75) is 64.8 Å². The van der Waals surface area contributed by atoms with Gasteiger partial charge in [0.05, 0.1) is 0 Å². The summed E-state index contributed by atoms with van der Waals surface area (Å²) in [5, 5.41) is 3.74. The van der Waals surface area contributed by atoms with E-state index in [1.807, 2.05) is 0 Å². The van der Waals surface area contributed by atoms with Gasteiger partial charge in [0.25, 0.3) is 0 Å². The van der Waals surface area contributed by atoms with Crippen molar-refractivity contribution in [1.82, 2.24) is 5.32 Å². The molecule has 1 aliphatic rings. The molecular weight excluding hydrogens is 230 g/mol. The lowest BCUT2D eigenvalue weighted by Crippen LogP contribution is -2.27. The van der Waals surface area contributed by atoms with Crippen LogP contribution in [0.5, 0.6) is 0 Å². The molecule has 1 N–H and O–H groups in total. The Labute approximate surface area is 118 Å². The van der Waals surface area contributed by atoms with Crippen LogP contribution < -0.4 is 5.32 Å². The zero-order chi connectivity index (χ0) is 13.7. The van der Waals surface area contributed by atoms with E-state index >= 15 is 0 Å². The van der Waals surface area contributed by atoms with Crippen LogP contribution in [-0.2, 0) is 0 Å². The fourth-order valence-electron chi connectivity index (χ4n) is 2.93. The van der Waals surface area contributed by atoms with Crippen molar-refractivity contribution in [1.29, 1.82) is 0 Å². The molecule has 0 aliphatic heterocycles. The van der Waals surface area contributed by atoms with Gasteiger partial charge in [-0.25, -0.2) is 0 Å². The highest BCUT2D eigenvalue weighted by atomic mass is 14.9. The molecule has 0 bridgehead atoms. The van der Waals surface area contributed by atoms with Crippen molar-refractivity contribution in [3.05, 3.63) is 35.4 Å². The third-order valence-corrected chi connectivity index (χ3v) is 4.67. The second-order valence-electron chi connectivity index (χ2n) is 6.12. The summed E-state index contributed by atoms with van der Waals surface area (Å²) in [6.07, 6.45) is 6.63. The molecule has 19 heavy (non-hydrogen) atoms. The molecule has 2 rings (SSSR count). The second kappa shape index (κ2) is 7.09. The Balaban J connectivity index is 2.14. The summed E-state index contributed by atoms with van der Waals surface area (Å²) in [6, 6.07) is 9.86. The van der Waals surface area contributed by atoms with Crippen LogP contribution in [0.15, 0.2) is 24.3 Å². The van der Waals surface area contributed by atoms with Crippen molar-refractivity contribution >= 4 is 0 Å². The minimum Gasteiger partial charge on any atom is -0.310 e. The molecule has 1 fully saturated rings. The lowest BCUT2D eigenvalue weighted by atomic mass is 9.79. The zero-order valence-corrected chi connectivity index (χ0v) is 12.8. The van der Waals surface area contributed by atoms with Gasteiger partial charge in [-0.05, 0) is 48.8 Å². The minimum absolute atomic E-state index is 0.518. The van der Waals surface area contributed by atoms with Crippen molar-refractivity contribution < 1.29 is 0 Å². The van der Waals surface area contributed by atoms with Gasteiger partial charge >= 0.3 is 0 Å². The summed E-state index contributed by atoms with van der Waals surface area (Å²) in [5.41, 5.74) is 3.06. The molecule has 0 aromatic heterocycles. The summed E-state index contributed by atoms with van der Waals surface area (Å²) in [4.78, 5) is 0. The van der Waals surface area contributed by atoms with Gasteiger partial charge in [0.1, 0.15) is 0 Å². The maximum absolute atomic E-state index is 3.74. The molecule has 1 heteroatoms. The van der Waals surface area contributed by atoms with Gasteiger partial charge in [-0.1, -0.05) is 57.9 Å². The number of hydrogen-bond donors (Lipinski definition) is 1. The van der Waals surface area contributed by atoms with Crippen LogP contribution in [0.3, 0.4) is 0 Å². The van der Waals surface area contributed by atoms with Crippen LogP contribution in [0, 0.1) is 5.92 Å². The van der Waals surface area contributed by atoms with Crippen LogP contribution in [0.4, 0.5) is 0 Å². The van der Waals surface area contributed by atoms with E-state index in [1.165, 1.54) is 37.7 Å². The standard InChI is InChI=1S/C18H29N/c1-4-12-19-18(14(3)5-2)17-11-7-10-16(13-17)15-8-6-9-15/h7,10-11,13-15,18-19H,4-6,8-9,12H2,1-3H3. The topological polar surface area (TPSA) is 12.0 Å². The largest absolute Gasteiger partial charge is 0.310 e. The number of benzene rings is 1. The molecule has 106 valence electrons. The smallest absolute Gasteiger partial charge is 0.0346 e. The van der Waals surface area contributed by atoms with Gasteiger partial charge in [-0.15, -0.1) is 0 Å². The Hall–Kier alpha value is -0.820. The van der Waals surface area contributed by atoms with E-state index in [-0.39, 0.29) is 0 Å². The van der Waals surface area contributed by atoms with E-state index in [4.69, 9.17) is 0 Å². The van der Waals surface area contributed by atoms with Gasteiger partial charge in [0.2, 0.25) is 0 Å². The molecule has 2 atom stereocenters. The molecule has 0 radical (unpaired) electrons. The Kier molecular flexibility index (Phi) is 5.45. The predicted octanol–water partition coefficient (Wildman–Crippen LogP) is 5.04. The SMILES string of the molecule is CCCNC(c1cccc(C2CCC2)c1)C(C)CC. The molecule has 0 spiro atoms. The van der Waals surface area contributed by atoms with Crippen LogP contribution >= 0.6 is 0 Å². The highest BCUT2D eigenvalue weighted by Gasteiger charge is 2.22. The van der Waals surface area contributed by atoms with Crippen LogP contribution in [0.1, 0.15) is 76.0 Å². The first-order valence-corrected chi connectivity index (χ1v) is 8.09. The highest BCUT2D eigenvalue weighted by molar-refractivity contribution is 5.30. The van der Waals surface area contributed by atoms with Gasteiger partial charge < -0.3 is 5.32 Å².